The normalized spacial score (nSPS) is 11.0. The van der Waals surface area contributed by atoms with Gasteiger partial charge in [0.05, 0.1) is 0 Å². The minimum absolute atomic E-state index is 0. The number of fused-ring (bicyclic) bond motifs is 6. The zero-order valence-electron chi connectivity index (χ0n) is 35.2. The van der Waals surface area contributed by atoms with Gasteiger partial charge in [0.15, 0.2) is 0 Å². The predicted molar refractivity (Wildman–Crippen MR) is 275 cm³/mol. The van der Waals surface area contributed by atoms with Crippen LogP contribution >= 0.6 is 15.8 Å². The average molecular weight is 1000 g/mol. The van der Waals surface area contributed by atoms with Crippen molar-refractivity contribution in [3.8, 4) is 0 Å². The first-order valence-electron chi connectivity index (χ1n) is 21.3. The Morgan fingerprint density at radius 2 is 0.308 bits per heavy atom. The van der Waals surface area contributed by atoms with Crippen LogP contribution in [-0.4, -0.2) is 0 Å². The molecule has 0 fully saturated rings. The van der Waals surface area contributed by atoms with Crippen LogP contribution in [0.15, 0.2) is 255 Å². The molecular weight excluding hydrogens is 960 g/mol. The molecule has 0 N–H and O–H groups in total. The van der Waals surface area contributed by atoms with E-state index < -0.39 is 15.8 Å². The van der Waals surface area contributed by atoms with E-state index in [0.717, 1.165) is 0 Å². The van der Waals surface area contributed by atoms with E-state index in [2.05, 4.69) is 255 Å². The third-order valence-electron chi connectivity index (χ3n) is 12.0. The molecule has 0 aromatic heterocycles. The van der Waals surface area contributed by atoms with Crippen LogP contribution in [-0.2, 0) is 20.4 Å². The summed E-state index contributed by atoms with van der Waals surface area (Å²) in [6.07, 6.45) is 0. The van der Waals surface area contributed by atoms with Gasteiger partial charge in [-0.3, -0.25) is 0 Å². The summed E-state index contributed by atoms with van der Waals surface area (Å²) in [4.78, 5) is 0. The van der Waals surface area contributed by atoms with Crippen molar-refractivity contribution >= 4 is 112 Å². The predicted octanol–water partition coefficient (Wildman–Crippen LogP) is 7.81. The molecular formula is C60H42Cl2P2Pd. The van der Waals surface area contributed by atoms with Crippen molar-refractivity contribution in [2.24, 2.45) is 0 Å². The van der Waals surface area contributed by atoms with Gasteiger partial charge in [-0.2, -0.15) is 0 Å². The Labute approximate surface area is 409 Å². The zero-order valence-corrected chi connectivity index (χ0v) is 40.1. The molecule has 0 aliphatic heterocycles. The summed E-state index contributed by atoms with van der Waals surface area (Å²) in [6.45, 7) is 0. The Morgan fingerprint density at radius 1 is 0.169 bits per heavy atom. The van der Waals surface area contributed by atoms with E-state index in [9.17, 15) is 0 Å². The summed E-state index contributed by atoms with van der Waals surface area (Å²) >= 11 is 0. The summed E-state index contributed by atoms with van der Waals surface area (Å²) in [5.41, 5.74) is 0. The first-order chi connectivity index (χ1) is 30.8. The minimum atomic E-state index is -0.745. The van der Waals surface area contributed by atoms with Gasteiger partial charge in [-0.1, -0.05) is 255 Å². The number of rotatable bonds is 6. The maximum atomic E-state index is 2.33. The fraction of sp³-hybridized carbons (Fsp3) is 0. The van der Waals surface area contributed by atoms with Crippen molar-refractivity contribution in [1.29, 1.82) is 0 Å². The zero-order chi connectivity index (χ0) is 41.2. The van der Waals surface area contributed by atoms with Crippen molar-refractivity contribution in [2.75, 3.05) is 0 Å². The van der Waals surface area contributed by atoms with Crippen LogP contribution in [0.5, 0.6) is 0 Å². The molecule has 0 saturated heterocycles. The number of hydrogen-bond acceptors (Lipinski definition) is 0. The number of benzene rings is 12. The largest absolute Gasteiger partial charge is 2.00 e. The molecule has 0 bridgehead atoms. The van der Waals surface area contributed by atoms with E-state index in [4.69, 9.17) is 0 Å². The van der Waals surface area contributed by atoms with Crippen LogP contribution in [0.4, 0.5) is 0 Å². The van der Waals surface area contributed by atoms with Gasteiger partial charge in [0, 0.05) is 0 Å². The maximum absolute atomic E-state index is 2.33. The SMILES string of the molecule is [Cl-].[Cl-].[Pd+2].c1ccc2c(P(c3cccc4ccccc34)c3cccc4ccccc34)cccc2c1.c1ccc2c(P(c3cccc4ccccc34)c3cccc4ccccc34)cccc2c1. The molecule has 316 valence electrons. The van der Waals surface area contributed by atoms with Crippen LogP contribution in [0.25, 0.3) is 64.6 Å². The molecule has 0 radical (unpaired) electrons. The Kier molecular flexibility index (Phi) is 14.6. The summed E-state index contributed by atoms with van der Waals surface area (Å²) in [5, 5.41) is 24.4. The Balaban J connectivity index is 0.000000169. The van der Waals surface area contributed by atoms with Crippen LogP contribution in [0.2, 0.25) is 0 Å². The van der Waals surface area contributed by atoms with Gasteiger partial charge in [0.1, 0.15) is 0 Å². The van der Waals surface area contributed by atoms with E-state index in [1.807, 2.05) is 0 Å². The van der Waals surface area contributed by atoms with Crippen molar-refractivity contribution < 1.29 is 45.2 Å². The number of hydrogen-bond donors (Lipinski definition) is 0. The maximum Gasteiger partial charge on any atom is 2.00 e. The summed E-state index contributed by atoms with van der Waals surface area (Å²) in [6, 6.07) is 93.3. The van der Waals surface area contributed by atoms with Crippen molar-refractivity contribution in [1.82, 2.24) is 0 Å². The summed E-state index contributed by atoms with van der Waals surface area (Å²) in [7, 11) is -1.49. The average Bonchev–Trinajstić information content (AvgIpc) is 3.35. The second-order valence-electron chi connectivity index (χ2n) is 15.7. The third kappa shape index (κ3) is 8.88. The van der Waals surface area contributed by atoms with Crippen LogP contribution in [0, 0.1) is 0 Å². The van der Waals surface area contributed by atoms with Gasteiger partial charge in [-0.05, 0) is 112 Å². The fourth-order valence-electron chi connectivity index (χ4n) is 9.20. The molecule has 0 amide bonds. The monoisotopic (exact) mass is 1000 g/mol. The van der Waals surface area contributed by atoms with E-state index in [1.165, 1.54) is 96.5 Å². The van der Waals surface area contributed by atoms with E-state index in [1.54, 1.807) is 0 Å². The second-order valence-corrected chi connectivity index (χ2v) is 19.9. The Morgan fingerprint density at radius 3 is 0.477 bits per heavy atom. The Bertz CT molecular complexity index is 2940. The van der Waals surface area contributed by atoms with E-state index in [-0.39, 0.29) is 45.2 Å². The van der Waals surface area contributed by atoms with Gasteiger partial charge in [0.25, 0.3) is 0 Å². The third-order valence-corrected chi connectivity index (χ3v) is 17.3. The molecule has 12 aromatic carbocycles. The standard InChI is InChI=1S/2C30H21P.2ClH.Pd/c2*1-4-16-25-22(10-1)13-7-19-28(25)31(29-20-8-14-23-11-2-5-17-26(23)29)30-21-9-15-24-12-3-6-18-27(24)30;;;/h2*1-21H;2*1H;/q;;;;+2/p-2. The van der Waals surface area contributed by atoms with Gasteiger partial charge >= 0.3 is 20.4 Å². The molecule has 5 heteroatoms. The molecule has 0 saturated carbocycles. The molecule has 0 unspecified atom stereocenters. The fourth-order valence-corrected chi connectivity index (χ4v) is 14.8. The Hall–Kier alpha value is -5.70. The molecule has 0 nitrogen and oxygen atoms in total. The van der Waals surface area contributed by atoms with Gasteiger partial charge in [-0.15, -0.1) is 0 Å². The van der Waals surface area contributed by atoms with Gasteiger partial charge in [-0.25, -0.2) is 0 Å². The van der Waals surface area contributed by atoms with Gasteiger partial charge < -0.3 is 24.8 Å². The summed E-state index contributed by atoms with van der Waals surface area (Å²) in [5.74, 6) is 0. The van der Waals surface area contributed by atoms with Crippen LogP contribution in [0.3, 0.4) is 0 Å². The van der Waals surface area contributed by atoms with Crippen molar-refractivity contribution in [3.05, 3.63) is 255 Å². The van der Waals surface area contributed by atoms with Crippen LogP contribution in [0.1, 0.15) is 0 Å². The first kappa shape index (κ1) is 45.9. The summed E-state index contributed by atoms with van der Waals surface area (Å²) < 4.78 is 0. The topological polar surface area (TPSA) is 0 Å². The quantitative estimate of drug-likeness (QED) is 0.118. The molecule has 0 aliphatic rings. The molecule has 0 heterocycles. The molecule has 0 spiro atoms. The van der Waals surface area contributed by atoms with Crippen molar-refractivity contribution in [2.45, 2.75) is 0 Å². The minimum Gasteiger partial charge on any atom is -1.00 e. The second kappa shape index (κ2) is 20.6. The van der Waals surface area contributed by atoms with E-state index in [0.29, 0.717) is 0 Å². The van der Waals surface area contributed by atoms with Crippen molar-refractivity contribution in [3.63, 3.8) is 0 Å². The van der Waals surface area contributed by atoms with Gasteiger partial charge in [0.2, 0.25) is 0 Å². The molecule has 0 atom stereocenters. The molecule has 12 rings (SSSR count). The number of halogens is 2. The smallest absolute Gasteiger partial charge is 1.00 e. The molecule has 0 aliphatic carbocycles. The molecule has 65 heavy (non-hydrogen) atoms. The molecule has 12 aromatic rings. The van der Waals surface area contributed by atoms with E-state index >= 15 is 0 Å². The first-order valence-corrected chi connectivity index (χ1v) is 24.0. The van der Waals surface area contributed by atoms with Crippen LogP contribution < -0.4 is 56.6 Å².